The Bertz CT molecular complexity index is 2150. The molecular formula is C24H15ClN3Na3O11S3. The van der Waals surface area contributed by atoms with Gasteiger partial charge >= 0.3 is 88.7 Å². The Morgan fingerprint density at radius 3 is 1.73 bits per heavy atom. The summed E-state index contributed by atoms with van der Waals surface area (Å²) in [6, 6.07) is 11.6. The summed E-state index contributed by atoms with van der Waals surface area (Å²) in [4.78, 5) is 21.9. The van der Waals surface area contributed by atoms with Crippen molar-refractivity contribution in [2.45, 2.75) is 14.7 Å². The summed E-state index contributed by atoms with van der Waals surface area (Å²) >= 11 is 6.15. The van der Waals surface area contributed by atoms with Gasteiger partial charge in [0, 0.05) is 27.6 Å². The summed E-state index contributed by atoms with van der Waals surface area (Å²) in [6.45, 7) is 0. The van der Waals surface area contributed by atoms with Crippen molar-refractivity contribution in [1.82, 2.24) is 0 Å². The molecule has 0 aliphatic carbocycles. The molecule has 0 fully saturated rings. The maximum absolute atomic E-state index is 13.2. The number of hydrogen-bond acceptors (Lipinski definition) is 12. The SMILES string of the molecule is Nc1cccc(C(=O)Nc2cc(C(=O)Nc3ccc(S(=O)(=O)[O-])c4cc(S(=O)(=O)[O-])cc(S(=O)(=O)[O-])c34)ccc2Cl)c1.[Na+].[Na+].[Na+]. The molecule has 0 saturated heterocycles. The third kappa shape index (κ3) is 9.96. The zero-order valence-electron chi connectivity index (χ0n) is 23.5. The molecule has 0 atom stereocenters. The van der Waals surface area contributed by atoms with Gasteiger partial charge in [-0.05, 0) is 60.7 Å². The van der Waals surface area contributed by atoms with E-state index in [1.807, 2.05) is 0 Å². The van der Waals surface area contributed by atoms with E-state index in [4.69, 9.17) is 17.3 Å². The Morgan fingerprint density at radius 2 is 1.20 bits per heavy atom. The molecule has 21 heteroatoms. The fourth-order valence-electron chi connectivity index (χ4n) is 3.89. The van der Waals surface area contributed by atoms with Crippen molar-refractivity contribution < 1.29 is 137 Å². The van der Waals surface area contributed by atoms with Gasteiger partial charge in [-0.3, -0.25) is 9.59 Å². The normalized spacial score (nSPS) is 11.4. The number of halogens is 1. The van der Waals surface area contributed by atoms with Crippen molar-refractivity contribution in [3.8, 4) is 0 Å². The number of carbonyl (C=O) groups is 2. The second kappa shape index (κ2) is 15.9. The summed E-state index contributed by atoms with van der Waals surface area (Å²) in [7, 11) is -16.5. The standard InChI is InChI=1S/C24H18ClN3O11S3.3Na/c25-17-5-4-13(9-19(17)28-23(29)12-2-1-3-14(26)8-12)24(30)27-18-6-7-20(41(34,35)36)16-10-15(40(31,32)33)11-21(22(16)18)42(37,38)39;;;/h1-11H,26H2,(H,27,30)(H,28,29)(H,31,32,33)(H,34,35,36)(H,37,38,39);;;/q;3*+1/p-3. The van der Waals surface area contributed by atoms with Crippen LogP contribution in [0.4, 0.5) is 17.1 Å². The van der Waals surface area contributed by atoms with Crippen molar-refractivity contribution in [1.29, 1.82) is 0 Å². The van der Waals surface area contributed by atoms with Gasteiger partial charge in [-0.2, -0.15) is 0 Å². The average Bonchev–Trinajstić information content (AvgIpc) is 2.87. The first-order valence-corrected chi connectivity index (χ1v) is 15.7. The molecule has 4 rings (SSSR count). The number of hydrogen-bond donors (Lipinski definition) is 3. The quantitative estimate of drug-likeness (QED) is 0.0915. The van der Waals surface area contributed by atoms with Gasteiger partial charge in [-0.1, -0.05) is 17.7 Å². The van der Waals surface area contributed by atoms with Crippen LogP contribution in [0.1, 0.15) is 20.7 Å². The van der Waals surface area contributed by atoms with E-state index in [0.717, 1.165) is 12.1 Å². The van der Waals surface area contributed by atoms with Gasteiger partial charge in [0.1, 0.15) is 30.4 Å². The number of nitrogens with two attached hydrogens (primary N) is 1. The zero-order chi connectivity index (χ0) is 31.2. The topological polar surface area (TPSA) is 256 Å². The molecule has 4 N–H and O–H groups in total. The molecule has 45 heavy (non-hydrogen) atoms. The largest absolute Gasteiger partial charge is 1.00 e. The zero-order valence-corrected chi connectivity index (χ0v) is 32.7. The van der Waals surface area contributed by atoms with Gasteiger partial charge in [0.15, 0.2) is 0 Å². The van der Waals surface area contributed by atoms with Crippen LogP contribution in [0.5, 0.6) is 0 Å². The number of nitrogen functional groups attached to an aromatic ring is 1. The molecule has 2 amide bonds. The van der Waals surface area contributed by atoms with Crippen LogP contribution in [0.3, 0.4) is 0 Å². The first-order valence-electron chi connectivity index (χ1n) is 11.1. The smallest absolute Gasteiger partial charge is 0.744 e. The fourth-order valence-corrected chi connectivity index (χ4v) is 6.06. The number of fused-ring (bicyclic) bond motifs is 1. The van der Waals surface area contributed by atoms with Crippen molar-refractivity contribution in [2.24, 2.45) is 0 Å². The second-order valence-corrected chi connectivity index (χ2v) is 13.0. The molecular weight excluding hydrogens is 707 g/mol. The Labute approximate surface area is 328 Å². The number of rotatable bonds is 7. The van der Waals surface area contributed by atoms with E-state index in [1.54, 1.807) is 6.07 Å². The van der Waals surface area contributed by atoms with E-state index in [0.29, 0.717) is 17.8 Å². The van der Waals surface area contributed by atoms with Crippen molar-refractivity contribution in [2.75, 3.05) is 16.4 Å². The Morgan fingerprint density at radius 1 is 0.644 bits per heavy atom. The van der Waals surface area contributed by atoms with Crippen LogP contribution < -0.4 is 105 Å². The number of anilines is 3. The summed E-state index contributed by atoms with van der Waals surface area (Å²) in [5.74, 6) is -1.63. The molecule has 220 valence electrons. The summed E-state index contributed by atoms with van der Waals surface area (Å²) in [5.41, 5.74) is 5.43. The van der Waals surface area contributed by atoms with Gasteiger partial charge < -0.3 is 30.0 Å². The minimum absolute atomic E-state index is 0. The van der Waals surface area contributed by atoms with Crippen LogP contribution in [0.25, 0.3) is 10.8 Å². The molecule has 4 aromatic carbocycles. The van der Waals surface area contributed by atoms with E-state index in [-0.39, 0.29) is 117 Å². The predicted octanol–water partition coefficient (Wildman–Crippen LogP) is -6.70. The van der Waals surface area contributed by atoms with Crippen LogP contribution in [-0.4, -0.2) is 50.7 Å². The number of amides is 2. The fraction of sp³-hybridized carbons (Fsp3) is 0. The summed E-state index contributed by atoms with van der Waals surface area (Å²) in [6.07, 6.45) is 0. The third-order valence-electron chi connectivity index (χ3n) is 5.71. The number of carbonyl (C=O) groups excluding carboxylic acids is 2. The average molecular weight is 722 g/mol. The molecule has 4 aromatic rings. The Balaban J connectivity index is 0.00000337. The van der Waals surface area contributed by atoms with E-state index < -0.39 is 73.3 Å². The van der Waals surface area contributed by atoms with Crippen LogP contribution in [0.15, 0.2) is 81.4 Å². The van der Waals surface area contributed by atoms with E-state index in [1.165, 1.54) is 30.3 Å². The molecule has 14 nitrogen and oxygen atoms in total. The van der Waals surface area contributed by atoms with E-state index in [2.05, 4.69) is 10.6 Å². The molecule has 0 bridgehead atoms. The Hall–Kier alpha value is -1.10. The van der Waals surface area contributed by atoms with Crippen molar-refractivity contribution >= 4 is 81.6 Å². The molecule has 0 spiro atoms. The molecule has 0 unspecified atom stereocenters. The molecule has 0 aliphatic heterocycles. The van der Waals surface area contributed by atoms with Crippen LogP contribution in [0, 0.1) is 0 Å². The van der Waals surface area contributed by atoms with Crippen LogP contribution in [-0.2, 0) is 30.4 Å². The maximum atomic E-state index is 13.2. The molecule has 0 aromatic heterocycles. The minimum atomic E-state index is -5.63. The maximum Gasteiger partial charge on any atom is 1.00 e. The van der Waals surface area contributed by atoms with Crippen molar-refractivity contribution in [3.05, 3.63) is 82.9 Å². The molecule has 0 heterocycles. The Kier molecular flexibility index (Phi) is 14.8. The first-order chi connectivity index (χ1) is 19.4. The van der Waals surface area contributed by atoms with Gasteiger partial charge in [-0.15, -0.1) is 0 Å². The minimum Gasteiger partial charge on any atom is -0.744 e. The summed E-state index contributed by atoms with van der Waals surface area (Å²) < 4.78 is 107. The monoisotopic (exact) mass is 721 g/mol. The van der Waals surface area contributed by atoms with Crippen molar-refractivity contribution in [3.63, 3.8) is 0 Å². The predicted molar refractivity (Wildman–Crippen MR) is 146 cm³/mol. The number of nitrogens with one attached hydrogen (secondary N) is 2. The van der Waals surface area contributed by atoms with Crippen LogP contribution in [0.2, 0.25) is 5.02 Å². The number of benzene rings is 4. The molecule has 0 radical (unpaired) electrons. The first kappa shape index (κ1) is 41.9. The van der Waals surface area contributed by atoms with E-state index >= 15 is 0 Å². The van der Waals surface area contributed by atoms with Crippen LogP contribution >= 0.6 is 11.6 Å². The third-order valence-corrected chi connectivity index (χ3v) is 8.61. The van der Waals surface area contributed by atoms with Gasteiger partial charge in [0.25, 0.3) is 11.8 Å². The molecule has 0 aliphatic rings. The van der Waals surface area contributed by atoms with Gasteiger partial charge in [-0.25, -0.2) is 25.3 Å². The van der Waals surface area contributed by atoms with Gasteiger partial charge in [0.2, 0.25) is 0 Å². The molecule has 0 saturated carbocycles. The second-order valence-electron chi connectivity index (χ2n) is 8.55. The van der Waals surface area contributed by atoms with Gasteiger partial charge in [0.05, 0.1) is 31.1 Å². The van der Waals surface area contributed by atoms with E-state index in [9.17, 15) is 48.5 Å². The summed E-state index contributed by atoms with van der Waals surface area (Å²) in [5, 5.41) is 3.01.